The number of carbonyl (C=O) groups excluding carboxylic acids is 4. The van der Waals surface area contributed by atoms with Crippen molar-refractivity contribution in [3.05, 3.63) is 97.3 Å². The lowest BCUT2D eigenvalue weighted by Gasteiger charge is -2.11. The monoisotopic (exact) mass is 1210 g/mol. The maximum atomic E-state index is 10.5. The zero-order chi connectivity index (χ0) is 63.0. The minimum Gasteiger partial charge on any atom is -0.542 e. The number of fused-ring (bicyclic) bond motifs is 3. The van der Waals surface area contributed by atoms with Crippen molar-refractivity contribution in [1.82, 2.24) is 30.0 Å². The predicted octanol–water partition coefficient (Wildman–Crippen LogP) is -0.274. The van der Waals surface area contributed by atoms with Crippen LogP contribution < -0.4 is 62.3 Å². The quantitative estimate of drug-likeness (QED) is 0.0433. The van der Waals surface area contributed by atoms with E-state index in [1.807, 2.05) is 48.8 Å². The van der Waals surface area contributed by atoms with E-state index in [0.717, 1.165) is 130 Å². The lowest BCUT2D eigenvalue weighted by Crippen LogP contribution is -2.50. The van der Waals surface area contributed by atoms with Crippen molar-refractivity contribution in [3.8, 4) is 56.9 Å². The van der Waals surface area contributed by atoms with E-state index in [4.69, 9.17) is 58.6 Å². The van der Waals surface area contributed by atoms with Gasteiger partial charge in [-0.05, 0) is 33.7 Å². The minimum absolute atomic E-state index is 0.584. The molecule has 34 heteroatoms. The van der Waals surface area contributed by atoms with Crippen LogP contribution >= 0.6 is 0 Å². The number of alkyl halides is 12. The third-order valence-corrected chi connectivity index (χ3v) is 10.3. The molecule has 0 aliphatic rings. The van der Waals surface area contributed by atoms with Crippen LogP contribution in [-0.2, 0) is 19.2 Å². The van der Waals surface area contributed by atoms with E-state index in [0.29, 0.717) is 26.4 Å². The number of ether oxygens (including phenoxy) is 4. The maximum Gasteiger partial charge on any atom is 0.430 e. The Morgan fingerprint density at radius 1 is 0.405 bits per heavy atom. The van der Waals surface area contributed by atoms with Gasteiger partial charge in [0.1, 0.15) is 58.3 Å². The highest BCUT2D eigenvalue weighted by molar-refractivity contribution is 6.09. The number of nitrogens with zero attached hydrogens (tertiary/aromatic N) is 6. The fourth-order valence-corrected chi connectivity index (χ4v) is 6.31. The van der Waals surface area contributed by atoms with Crippen molar-refractivity contribution in [2.45, 2.75) is 50.4 Å². The Kier molecular flexibility index (Phi) is 26.4. The number of carbonyl (C=O) groups is 4. The van der Waals surface area contributed by atoms with Gasteiger partial charge in [-0.25, -0.2) is 9.36 Å². The third kappa shape index (κ3) is 23.1. The molecule has 0 bridgehead atoms. The molecule has 0 aliphatic carbocycles. The van der Waals surface area contributed by atoms with Crippen molar-refractivity contribution in [3.63, 3.8) is 0 Å². The van der Waals surface area contributed by atoms with Crippen molar-refractivity contribution < 1.29 is 134 Å². The second-order valence-corrected chi connectivity index (χ2v) is 16.7. The van der Waals surface area contributed by atoms with Gasteiger partial charge in [0, 0.05) is 73.2 Å². The molecule has 7 aromatic rings. The van der Waals surface area contributed by atoms with Crippen LogP contribution in [0, 0.1) is 0 Å². The van der Waals surface area contributed by atoms with Crippen LogP contribution in [0.25, 0.3) is 55.4 Å². The maximum absolute atomic E-state index is 10.5. The van der Waals surface area contributed by atoms with Gasteiger partial charge in [-0.2, -0.15) is 52.7 Å². The summed E-state index contributed by atoms with van der Waals surface area (Å²) < 4.78 is 154. The van der Waals surface area contributed by atoms with E-state index < -0.39 is 48.6 Å². The van der Waals surface area contributed by atoms with Crippen LogP contribution in [-0.4, -0.2) is 131 Å². The SMILES string of the molecule is O=C([O-])C(F)(F)F.O=C([O-])C(F)(F)F.O=C([O-])C(F)(F)F.O=C([O-])C(F)(F)F.[NH3+]CCCOc1cc(OCCC[NH3+])cc(-n2cc(-c3ccc4c(ccc5cc(-c6cn(-c7cc(OCCC[NH3+])cc(OCCC[NH3+])c7)nn6)ccc54)c3)nn2)c1. The molecule has 12 N–H and O–H groups in total. The summed E-state index contributed by atoms with van der Waals surface area (Å²) in [4.78, 5) is 35.1. The second-order valence-electron chi connectivity index (χ2n) is 16.7. The fraction of sp³-hybridized carbons (Fsp3) is 0.320. The van der Waals surface area contributed by atoms with Gasteiger partial charge in [0.25, 0.3) is 0 Å². The standard InChI is InChI=1S/C42H48N10O4.4C2HF3O2/c43-11-1-15-53-35-21-33(22-36(25-35)54-16-2-12-44)51-27-41(47-49-51)31-7-9-39-29(19-31)5-6-30-20-32(8-10-40(30)39)42-28-52(50-48-42)34-23-37(55-17-3-13-45)26-38(24-34)56-18-4-14-46;4*3-2(4,5)1(6)7/h5-10,19-28H,1-4,11-18,43-46H2;4*(H,6,7). The molecule has 7 rings (SSSR count). The number of aromatic nitrogens is 6. The molecule has 84 heavy (non-hydrogen) atoms. The zero-order valence-electron chi connectivity index (χ0n) is 43.7. The number of carboxylic acids is 4. The Morgan fingerprint density at radius 3 is 0.881 bits per heavy atom. The first-order valence-corrected chi connectivity index (χ1v) is 24.3. The summed E-state index contributed by atoms with van der Waals surface area (Å²) in [5, 5.41) is 57.7. The smallest absolute Gasteiger partial charge is 0.430 e. The first-order chi connectivity index (χ1) is 39.3. The van der Waals surface area contributed by atoms with Gasteiger partial charge in [0.05, 0.1) is 76.4 Å². The Labute approximate surface area is 466 Å². The molecule has 2 heterocycles. The van der Waals surface area contributed by atoms with Crippen molar-refractivity contribution in [2.24, 2.45) is 0 Å². The van der Waals surface area contributed by atoms with Gasteiger partial charge in [0.2, 0.25) is 0 Å². The average molecular weight is 1210 g/mol. The fourth-order valence-electron chi connectivity index (χ4n) is 6.31. The normalized spacial score (nSPS) is 11.3. The molecule has 2 aromatic heterocycles. The van der Waals surface area contributed by atoms with Gasteiger partial charge in [-0.1, -0.05) is 46.8 Å². The number of halogens is 12. The predicted molar refractivity (Wildman–Crippen MR) is 258 cm³/mol. The molecule has 0 unspecified atom stereocenters. The highest BCUT2D eigenvalue weighted by atomic mass is 19.4. The number of aliphatic carboxylic acids is 4. The van der Waals surface area contributed by atoms with E-state index in [9.17, 15) is 52.7 Å². The molecule has 0 saturated carbocycles. The van der Waals surface area contributed by atoms with Gasteiger partial charge in [-0.15, -0.1) is 10.2 Å². The molecule has 0 amide bonds. The molecule has 0 atom stereocenters. The van der Waals surface area contributed by atoms with Gasteiger partial charge in [0.15, 0.2) is 0 Å². The summed E-state index contributed by atoms with van der Waals surface area (Å²) in [5.41, 5.74) is 20.7. The van der Waals surface area contributed by atoms with Crippen LogP contribution in [0.5, 0.6) is 23.0 Å². The molecule has 22 nitrogen and oxygen atoms in total. The summed E-state index contributed by atoms with van der Waals surface area (Å²) >= 11 is 0. The summed E-state index contributed by atoms with van der Waals surface area (Å²) in [6.45, 7) is 5.58. The highest BCUT2D eigenvalue weighted by Gasteiger charge is 2.31. The Bertz CT molecular complexity index is 2950. The van der Waals surface area contributed by atoms with Crippen molar-refractivity contribution in [1.29, 1.82) is 0 Å². The second kappa shape index (κ2) is 32.0. The van der Waals surface area contributed by atoms with E-state index in [-0.39, 0.29) is 0 Å². The lowest BCUT2D eigenvalue weighted by atomic mass is 9.97. The largest absolute Gasteiger partial charge is 0.542 e. The summed E-state index contributed by atoms with van der Waals surface area (Å²) in [6.07, 6.45) is -13.4. The molecule has 0 radical (unpaired) electrons. The first-order valence-electron chi connectivity index (χ1n) is 24.3. The first kappa shape index (κ1) is 69.2. The van der Waals surface area contributed by atoms with E-state index >= 15 is 0 Å². The number of quaternary nitrogens is 4. The Morgan fingerprint density at radius 2 is 0.655 bits per heavy atom. The van der Waals surface area contributed by atoms with Gasteiger partial charge < -0.3 is 81.5 Å². The van der Waals surface area contributed by atoms with Crippen LogP contribution in [0.1, 0.15) is 25.7 Å². The number of benzene rings is 5. The average Bonchev–Trinajstić information content (AvgIpc) is 3.25. The topological polar surface area (TPSA) is 369 Å². The Balaban J connectivity index is 0.000000543. The van der Waals surface area contributed by atoms with E-state index in [1.54, 1.807) is 9.36 Å². The van der Waals surface area contributed by atoms with Gasteiger partial charge >= 0.3 is 24.7 Å². The van der Waals surface area contributed by atoms with E-state index in [2.05, 4.69) is 92.1 Å². The van der Waals surface area contributed by atoms with Crippen LogP contribution in [0.15, 0.2) is 97.3 Å². The zero-order valence-corrected chi connectivity index (χ0v) is 43.7. The molecule has 0 spiro atoms. The molecule has 458 valence electrons. The number of hydrogen-bond donors (Lipinski definition) is 4. The summed E-state index contributed by atoms with van der Waals surface area (Å²) in [5.74, 6) is -9.14. The van der Waals surface area contributed by atoms with Crippen molar-refractivity contribution >= 4 is 45.4 Å². The number of hydrogen-bond acceptors (Lipinski definition) is 16. The van der Waals surface area contributed by atoms with Crippen LogP contribution in [0.4, 0.5) is 52.7 Å². The molecule has 5 aromatic carbocycles. The number of carboxylic acid groups (broad SMARTS) is 4. The molecule has 0 saturated heterocycles. The van der Waals surface area contributed by atoms with Crippen LogP contribution in [0.2, 0.25) is 0 Å². The molecule has 0 aliphatic heterocycles. The summed E-state index contributed by atoms with van der Waals surface area (Å²) in [6, 6.07) is 28.7. The van der Waals surface area contributed by atoms with Crippen LogP contribution in [0.3, 0.4) is 0 Å². The number of rotatable bonds is 20. The Hall–Kier alpha value is -9.02. The van der Waals surface area contributed by atoms with Gasteiger partial charge in [-0.3, -0.25) is 0 Å². The molecule has 0 fully saturated rings. The molecular weight excluding hydrogens is 1160 g/mol. The van der Waals surface area contributed by atoms with Crippen molar-refractivity contribution in [2.75, 3.05) is 52.6 Å². The molecular formula is C50H52F12N10O12. The highest BCUT2D eigenvalue weighted by Crippen LogP contribution is 2.33. The third-order valence-electron chi connectivity index (χ3n) is 10.3. The van der Waals surface area contributed by atoms with E-state index in [1.165, 1.54) is 0 Å². The lowest BCUT2D eigenvalue weighted by molar-refractivity contribution is -0.369. The summed E-state index contributed by atoms with van der Waals surface area (Å²) in [7, 11) is 0. The minimum atomic E-state index is -5.19.